The summed E-state index contributed by atoms with van der Waals surface area (Å²) in [5, 5.41) is 256. The Morgan fingerprint density at radius 1 is 0.306 bits per heavy atom. The van der Waals surface area contributed by atoms with Crippen molar-refractivity contribution in [1.29, 1.82) is 0 Å². The van der Waals surface area contributed by atoms with Gasteiger partial charge in [0.15, 0.2) is 50.3 Å². The molecule has 0 spiro atoms. The lowest BCUT2D eigenvalue weighted by atomic mass is 9.93. The SMILES string of the molecule is CC(=O)N[C@H]1[C@H](O[C@H]2[C@@H](O)[C@@H](CO)O[C@@H](O[C@H]3[C@H](O)[C@@H](O)[C@H](OC[C@@H](CO)NC=O)O[C@@H]3CO)[C@@H]2O)O[C@H](CO)[C@@H](O[C@@H]2O[C@H](CO[C@@H]3O[C@H](CO)[C@@H](O)[C@H](O)[C@H]3NC(C)=O)[C@H](O)[C@H](O[C@@H]3O[C@H](CO)[C@@H](O[C@@H]4O[C@H](CO)[C@H](O)[C@H](O[C@@H]5O[C@H](CO)[C@@H](O)[C@H](O)[C@H]5NC(C)=O)[C@H]4O)[C@H](O)[C@H]3NC(C)=O)[C@H]2O)[C@@H]1O. The Balaban J connectivity index is 1.06. The first-order valence-corrected chi connectivity index (χ1v) is 34.3. The topological polar surface area (TPSA) is 738 Å². The van der Waals surface area contributed by atoms with Crippen LogP contribution in [0.1, 0.15) is 27.7 Å². The Hall–Kier alpha value is -4.17. The summed E-state index contributed by atoms with van der Waals surface area (Å²) in [5.41, 5.74) is 0. The van der Waals surface area contributed by atoms with Gasteiger partial charge in [0, 0.05) is 27.7 Å². The third-order valence-corrected chi connectivity index (χ3v) is 19.2. The van der Waals surface area contributed by atoms with Crippen molar-refractivity contribution in [2.24, 2.45) is 0 Å². The molecule has 0 aromatic heterocycles. The highest BCUT2D eigenvalue weighted by molar-refractivity contribution is 5.74. The molecular formula is C60H101N5O43. The van der Waals surface area contributed by atoms with E-state index < -0.39 is 341 Å². The molecule has 0 unspecified atom stereocenters. The molecule has 624 valence electrons. The lowest BCUT2D eigenvalue weighted by molar-refractivity contribution is -0.390. The fraction of sp³-hybridized carbons (Fsp3) is 0.917. The molecular weight excluding hydrogens is 1480 g/mol. The van der Waals surface area contributed by atoms with E-state index in [0.29, 0.717) is 0 Å². The van der Waals surface area contributed by atoms with Crippen LogP contribution in [-0.2, 0) is 99.8 Å². The van der Waals surface area contributed by atoms with Gasteiger partial charge in [-0.2, -0.15) is 0 Å². The van der Waals surface area contributed by atoms with Crippen LogP contribution in [0, 0.1) is 0 Å². The molecule has 8 heterocycles. The Labute approximate surface area is 612 Å². The van der Waals surface area contributed by atoms with Gasteiger partial charge in [-0.05, 0) is 0 Å². The monoisotopic (exact) mass is 1580 g/mol. The maximum Gasteiger partial charge on any atom is 0.217 e. The number of rotatable bonds is 32. The smallest absolute Gasteiger partial charge is 0.217 e. The summed E-state index contributed by atoms with van der Waals surface area (Å²) in [6.45, 7) is -5.61. The highest BCUT2D eigenvalue weighted by Gasteiger charge is 2.60. The van der Waals surface area contributed by atoms with Gasteiger partial charge >= 0.3 is 0 Å². The molecule has 8 aliphatic heterocycles. The normalized spacial score (nSPS) is 46.2. The number of nitrogens with one attached hydrogen (secondary N) is 5. The van der Waals surface area contributed by atoms with Crippen molar-refractivity contribution in [2.45, 2.75) is 279 Å². The van der Waals surface area contributed by atoms with Crippen molar-refractivity contribution in [3.05, 3.63) is 0 Å². The zero-order chi connectivity index (χ0) is 79.6. The Morgan fingerprint density at radius 2 is 0.583 bits per heavy atom. The van der Waals surface area contributed by atoms with E-state index in [9.17, 15) is 136 Å². The quantitative estimate of drug-likeness (QED) is 0.0278. The van der Waals surface area contributed by atoms with Crippen molar-refractivity contribution in [3.63, 3.8) is 0 Å². The molecule has 8 fully saturated rings. The summed E-state index contributed by atoms with van der Waals surface area (Å²) >= 11 is 0. The van der Waals surface area contributed by atoms with Gasteiger partial charge < -0.3 is 215 Å². The van der Waals surface area contributed by atoms with Gasteiger partial charge in [-0.1, -0.05) is 0 Å². The van der Waals surface area contributed by atoms with Gasteiger partial charge in [-0.15, -0.1) is 0 Å². The zero-order valence-electron chi connectivity index (χ0n) is 58.2. The van der Waals surface area contributed by atoms with Crippen LogP contribution in [0.15, 0.2) is 0 Å². The van der Waals surface area contributed by atoms with Crippen LogP contribution in [0.5, 0.6) is 0 Å². The number of amides is 5. The summed E-state index contributed by atoms with van der Waals surface area (Å²) in [6, 6.07) is -8.27. The summed E-state index contributed by atoms with van der Waals surface area (Å²) in [4.78, 5) is 61.7. The lowest BCUT2D eigenvalue weighted by Gasteiger charge is -2.51. The van der Waals surface area contributed by atoms with Crippen molar-refractivity contribution in [2.75, 3.05) is 66.1 Å². The van der Waals surface area contributed by atoms with Gasteiger partial charge in [0.2, 0.25) is 30.0 Å². The maximum atomic E-state index is 13.1. The fourth-order valence-corrected chi connectivity index (χ4v) is 13.6. The molecule has 27 N–H and O–H groups in total. The van der Waals surface area contributed by atoms with Crippen molar-refractivity contribution in [1.82, 2.24) is 26.6 Å². The second-order valence-corrected chi connectivity index (χ2v) is 26.8. The molecule has 108 heavy (non-hydrogen) atoms. The second kappa shape index (κ2) is 40.2. The van der Waals surface area contributed by atoms with E-state index in [-0.39, 0.29) is 6.41 Å². The largest absolute Gasteiger partial charge is 0.394 e. The first-order chi connectivity index (χ1) is 51.2. The first kappa shape index (κ1) is 89.4. The maximum absolute atomic E-state index is 13.1. The highest BCUT2D eigenvalue weighted by atomic mass is 16.8. The lowest BCUT2D eigenvalue weighted by Crippen LogP contribution is -2.71. The van der Waals surface area contributed by atoms with E-state index in [1.165, 1.54) is 0 Å². The summed E-state index contributed by atoms with van der Waals surface area (Å²) < 4.78 is 93.9. The number of hydrogen-bond acceptors (Lipinski definition) is 43. The predicted octanol–water partition coefficient (Wildman–Crippen LogP) is -18.7. The Bertz CT molecular complexity index is 2830. The molecule has 0 radical (unpaired) electrons. The van der Waals surface area contributed by atoms with Crippen molar-refractivity contribution in [3.8, 4) is 0 Å². The first-order valence-electron chi connectivity index (χ1n) is 34.3. The minimum atomic E-state index is -2.47. The molecule has 8 saturated heterocycles. The number of aliphatic hydroxyl groups is 22. The molecule has 0 bridgehead atoms. The standard InChI is InChI=1S/C60H101N5O43/c1-16(75)62-29-38(84)33(79)21(6-67)95-53(29)94-14-28-37(83)52(108-56-32(65-19(4)78)40(86)47(25(10-71)100-56)103-58-44(90)50(35(81)23(8-69)97-58)106-54-30(63-17(2)76)39(85)34(80)22(7-68)96-54)46(92)60(102-28)104-48-26(11-72)99-55(31(41(48)87)64-18(3)77)107-51-36(82)24(9-70)98-59(45(51)91)105-49-27(12-73)101-57(43(89)42(49)88)93-13-20(5-66)61-15-74/h15,20-60,66-73,79-92H,5-14H2,1-4H3,(H,61,74)(H,62,75)(H,63,76)(H,64,77)(H,65,78)/t20-,21-,22-,23-,24-,25-,26-,27-,28-,29-,30-,31-,32-,33-,34-,35+,36+,37+,38-,39-,40-,41-,42-,43-,44-,45-,46-,47-,48-,49-,50+,51+,52+,53-,54+,55+,56+,57-,58+,59+,60+/m1/s1. The molecule has 0 aromatic rings. The molecule has 8 aliphatic rings. The average molecular weight is 1580 g/mol. The van der Waals surface area contributed by atoms with Gasteiger partial charge in [-0.3, -0.25) is 24.0 Å². The summed E-state index contributed by atoms with van der Waals surface area (Å²) in [5.74, 6) is -3.54. The zero-order valence-corrected chi connectivity index (χ0v) is 58.2. The molecule has 8 rings (SSSR count). The Kier molecular flexibility index (Phi) is 33.3. The van der Waals surface area contributed by atoms with E-state index in [2.05, 4.69) is 26.6 Å². The molecule has 0 aliphatic carbocycles. The van der Waals surface area contributed by atoms with E-state index in [1.54, 1.807) is 0 Å². The van der Waals surface area contributed by atoms with Gasteiger partial charge in [0.1, 0.15) is 195 Å². The third kappa shape index (κ3) is 20.5. The molecule has 48 heteroatoms. The summed E-state index contributed by atoms with van der Waals surface area (Å²) in [6.07, 6.45) is -72.2. The molecule has 0 saturated carbocycles. The Morgan fingerprint density at radius 3 is 0.926 bits per heavy atom. The van der Waals surface area contributed by atoms with Crippen LogP contribution >= 0.6 is 0 Å². The van der Waals surface area contributed by atoms with Crippen molar-refractivity contribution < 1.29 is 212 Å². The highest BCUT2D eigenvalue weighted by Crippen LogP contribution is 2.39. The van der Waals surface area contributed by atoms with Crippen LogP contribution in [-0.4, -0.2) is 460 Å². The van der Waals surface area contributed by atoms with Crippen LogP contribution in [0.4, 0.5) is 0 Å². The number of carbonyl (C=O) groups excluding carboxylic acids is 5. The van der Waals surface area contributed by atoms with Crippen LogP contribution in [0.25, 0.3) is 0 Å². The predicted molar refractivity (Wildman–Crippen MR) is 335 cm³/mol. The number of carbonyl (C=O) groups is 5. The third-order valence-electron chi connectivity index (χ3n) is 19.2. The molecule has 0 aromatic carbocycles. The minimum Gasteiger partial charge on any atom is -0.394 e. The van der Waals surface area contributed by atoms with Gasteiger partial charge in [-0.25, -0.2) is 0 Å². The minimum absolute atomic E-state index is 0.253. The molecule has 41 atom stereocenters. The second-order valence-electron chi connectivity index (χ2n) is 26.8. The number of hydrogen-bond donors (Lipinski definition) is 27. The van der Waals surface area contributed by atoms with E-state index in [1.807, 2.05) is 0 Å². The fourth-order valence-electron chi connectivity index (χ4n) is 13.6. The van der Waals surface area contributed by atoms with Crippen LogP contribution < -0.4 is 26.6 Å². The number of ether oxygens (including phenoxy) is 16. The van der Waals surface area contributed by atoms with E-state index in [0.717, 1.165) is 27.7 Å². The number of aliphatic hydroxyl groups excluding tert-OH is 22. The van der Waals surface area contributed by atoms with Crippen molar-refractivity contribution >= 4 is 30.0 Å². The average Bonchev–Trinajstić information content (AvgIpc) is 0.769. The van der Waals surface area contributed by atoms with Gasteiger partial charge in [0.25, 0.3) is 0 Å². The van der Waals surface area contributed by atoms with Gasteiger partial charge in [0.05, 0.1) is 72.1 Å². The van der Waals surface area contributed by atoms with Crippen LogP contribution in [0.3, 0.4) is 0 Å². The van der Waals surface area contributed by atoms with Crippen LogP contribution in [0.2, 0.25) is 0 Å². The van der Waals surface area contributed by atoms with E-state index in [4.69, 9.17) is 75.8 Å². The summed E-state index contributed by atoms with van der Waals surface area (Å²) in [7, 11) is 0. The molecule has 48 nitrogen and oxygen atoms in total. The van der Waals surface area contributed by atoms with E-state index >= 15 is 0 Å². The molecule has 5 amide bonds.